The van der Waals surface area contributed by atoms with E-state index in [1.807, 2.05) is 18.2 Å². The van der Waals surface area contributed by atoms with Gasteiger partial charge in [0.1, 0.15) is 17.6 Å². The van der Waals surface area contributed by atoms with Gasteiger partial charge in [0.05, 0.1) is 5.57 Å². The maximum atomic E-state index is 11.8. The number of carbonyl (C=O) groups excluding carboxylic acids is 1. The average molecular weight is 300 g/mol. The van der Waals surface area contributed by atoms with Crippen LogP contribution in [0.25, 0.3) is 17.4 Å². The van der Waals surface area contributed by atoms with Crippen LogP contribution in [0, 0.1) is 17.2 Å². The predicted molar refractivity (Wildman–Crippen MR) is 82.6 cm³/mol. The fourth-order valence-corrected chi connectivity index (χ4v) is 1.94. The van der Waals surface area contributed by atoms with E-state index in [-0.39, 0.29) is 17.3 Å². The zero-order valence-electron chi connectivity index (χ0n) is 11.8. The quantitative estimate of drug-likeness (QED) is 0.605. The highest BCUT2D eigenvalue weighted by atomic mass is 35.5. The number of nitriles is 1. The van der Waals surface area contributed by atoms with E-state index in [4.69, 9.17) is 21.3 Å². The van der Waals surface area contributed by atoms with Crippen LogP contribution in [0.1, 0.15) is 19.6 Å². The van der Waals surface area contributed by atoms with Crippen LogP contribution in [-0.2, 0) is 4.79 Å². The minimum absolute atomic E-state index is 0.0991. The summed E-state index contributed by atoms with van der Waals surface area (Å²) < 4.78 is 5.65. The van der Waals surface area contributed by atoms with Crippen molar-refractivity contribution in [1.82, 2.24) is 0 Å². The van der Waals surface area contributed by atoms with Gasteiger partial charge in [-0.05, 0) is 36.4 Å². The number of carbonyl (C=O) groups is 1. The van der Waals surface area contributed by atoms with Crippen molar-refractivity contribution >= 4 is 23.5 Å². The largest absolute Gasteiger partial charge is 0.457 e. The van der Waals surface area contributed by atoms with Crippen LogP contribution in [-0.4, -0.2) is 5.78 Å². The molecule has 0 unspecified atom stereocenters. The van der Waals surface area contributed by atoms with E-state index in [9.17, 15) is 4.79 Å². The lowest BCUT2D eigenvalue weighted by molar-refractivity contribution is -0.117. The summed E-state index contributed by atoms with van der Waals surface area (Å²) in [6.45, 7) is 3.52. The minimum Gasteiger partial charge on any atom is -0.457 e. The SMILES string of the molecule is CC(C)C(=O)/C(C#N)=C/c1ccc(-c2ccc(Cl)cc2)o1. The number of allylic oxidation sites excluding steroid dienone is 1. The molecule has 0 aliphatic heterocycles. The van der Waals surface area contributed by atoms with Crippen LogP contribution in [0.3, 0.4) is 0 Å². The first-order valence-electron chi connectivity index (χ1n) is 6.53. The summed E-state index contributed by atoms with van der Waals surface area (Å²) in [5, 5.41) is 9.72. The van der Waals surface area contributed by atoms with Gasteiger partial charge < -0.3 is 4.42 Å². The van der Waals surface area contributed by atoms with Crippen LogP contribution in [0.5, 0.6) is 0 Å². The van der Waals surface area contributed by atoms with Crippen LogP contribution >= 0.6 is 11.6 Å². The molecule has 0 radical (unpaired) electrons. The Hall–Kier alpha value is -2.31. The molecule has 0 fully saturated rings. The molecule has 2 rings (SSSR count). The van der Waals surface area contributed by atoms with Crippen LogP contribution < -0.4 is 0 Å². The molecular weight excluding hydrogens is 286 g/mol. The summed E-state index contributed by atoms with van der Waals surface area (Å²) in [4.78, 5) is 11.8. The standard InChI is InChI=1S/C17H14ClNO2/c1-11(2)17(20)13(10-19)9-15-7-8-16(21-15)12-3-5-14(18)6-4-12/h3-9,11H,1-2H3/b13-9+. The molecule has 0 atom stereocenters. The molecule has 2 aromatic rings. The molecule has 0 aliphatic carbocycles. The number of benzene rings is 1. The third kappa shape index (κ3) is 3.62. The topological polar surface area (TPSA) is 54.0 Å². The van der Waals surface area contributed by atoms with Gasteiger partial charge in [0.2, 0.25) is 0 Å². The second-order valence-electron chi connectivity index (χ2n) is 4.90. The van der Waals surface area contributed by atoms with Crippen molar-refractivity contribution in [3.63, 3.8) is 0 Å². The van der Waals surface area contributed by atoms with Crippen molar-refractivity contribution in [3.05, 3.63) is 52.8 Å². The number of furan rings is 1. The van der Waals surface area contributed by atoms with Crippen molar-refractivity contribution in [2.45, 2.75) is 13.8 Å². The number of rotatable bonds is 4. The van der Waals surface area contributed by atoms with Gasteiger partial charge in [0, 0.05) is 22.6 Å². The Morgan fingerprint density at radius 1 is 1.24 bits per heavy atom. The second-order valence-corrected chi connectivity index (χ2v) is 5.33. The van der Waals surface area contributed by atoms with Gasteiger partial charge in [-0.25, -0.2) is 0 Å². The third-order valence-electron chi connectivity index (χ3n) is 2.95. The van der Waals surface area contributed by atoms with Crippen molar-refractivity contribution in [1.29, 1.82) is 5.26 Å². The van der Waals surface area contributed by atoms with E-state index in [1.54, 1.807) is 38.1 Å². The van der Waals surface area contributed by atoms with E-state index in [1.165, 1.54) is 6.08 Å². The Labute approximate surface area is 128 Å². The van der Waals surface area contributed by atoms with Crippen molar-refractivity contribution < 1.29 is 9.21 Å². The number of hydrogen-bond donors (Lipinski definition) is 0. The molecule has 4 heteroatoms. The highest BCUT2D eigenvalue weighted by Gasteiger charge is 2.14. The van der Waals surface area contributed by atoms with E-state index in [0.29, 0.717) is 16.5 Å². The van der Waals surface area contributed by atoms with E-state index in [0.717, 1.165) is 5.56 Å². The Balaban J connectivity index is 2.29. The van der Waals surface area contributed by atoms with E-state index < -0.39 is 0 Å². The lowest BCUT2D eigenvalue weighted by Crippen LogP contribution is -2.08. The molecule has 0 amide bonds. The Morgan fingerprint density at radius 3 is 2.48 bits per heavy atom. The summed E-state index contributed by atoms with van der Waals surface area (Å²) in [6, 6.07) is 12.7. The molecule has 21 heavy (non-hydrogen) atoms. The zero-order chi connectivity index (χ0) is 15.4. The van der Waals surface area contributed by atoms with Gasteiger partial charge >= 0.3 is 0 Å². The lowest BCUT2D eigenvalue weighted by atomic mass is 10.0. The van der Waals surface area contributed by atoms with E-state index in [2.05, 4.69) is 0 Å². The van der Waals surface area contributed by atoms with Crippen molar-refractivity contribution in [2.75, 3.05) is 0 Å². The average Bonchev–Trinajstić information content (AvgIpc) is 2.93. The van der Waals surface area contributed by atoms with Crippen LogP contribution in [0.2, 0.25) is 5.02 Å². The van der Waals surface area contributed by atoms with Gasteiger partial charge in [0.25, 0.3) is 0 Å². The molecule has 1 aromatic carbocycles. The highest BCUT2D eigenvalue weighted by Crippen LogP contribution is 2.25. The van der Waals surface area contributed by atoms with Gasteiger partial charge in [-0.3, -0.25) is 4.79 Å². The summed E-state index contributed by atoms with van der Waals surface area (Å²) in [7, 11) is 0. The summed E-state index contributed by atoms with van der Waals surface area (Å²) in [5.74, 6) is 0.723. The fraction of sp³-hybridized carbons (Fsp3) is 0.176. The molecule has 3 nitrogen and oxygen atoms in total. The predicted octanol–water partition coefficient (Wildman–Crippen LogP) is 4.73. The normalized spacial score (nSPS) is 11.5. The Bertz CT molecular complexity index is 718. The van der Waals surface area contributed by atoms with Gasteiger partial charge in [-0.1, -0.05) is 25.4 Å². The molecule has 0 saturated heterocycles. The fourth-order valence-electron chi connectivity index (χ4n) is 1.81. The molecule has 1 heterocycles. The van der Waals surface area contributed by atoms with Crippen LogP contribution in [0.15, 0.2) is 46.4 Å². The third-order valence-corrected chi connectivity index (χ3v) is 3.20. The second kappa shape index (κ2) is 6.43. The van der Waals surface area contributed by atoms with Gasteiger partial charge in [-0.2, -0.15) is 5.26 Å². The number of Topliss-reactive ketones (excluding diaryl/α,β-unsaturated/α-hetero) is 1. The number of hydrogen-bond acceptors (Lipinski definition) is 3. The van der Waals surface area contributed by atoms with E-state index >= 15 is 0 Å². The maximum absolute atomic E-state index is 11.8. The molecule has 0 saturated carbocycles. The monoisotopic (exact) mass is 299 g/mol. The molecular formula is C17H14ClNO2. The lowest BCUT2D eigenvalue weighted by Gasteiger charge is -2.00. The molecule has 0 N–H and O–H groups in total. The van der Waals surface area contributed by atoms with Crippen LogP contribution in [0.4, 0.5) is 0 Å². The number of nitrogens with zero attached hydrogens (tertiary/aromatic N) is 1. The summed E-state index contributed by atoms with van der Waals surface area (Å²) in [6.07, 6.45) is 1.47. The molecule has 0 bridgehead atoms. The Kier molecular flexibility index (Phi) is 4.62. The van der Waals surface area contributed by atoms with Gasteiger partial charge in [0.15, 0.2) is 5.78 Å². The Morgan fingerprint density at radius 2 is 1.90 bits per heavy atom. The number of halogens is 1. The minimum atomic E-state index is -0.221. The van der Waals surface area contributed by atoms with Crippen molar-refractivity contribution in [2.24, 2.45) is 5.92 Å². The summed E-state index contributed by atoms with van der Waals surface area (Å²) in [5.41, 5.74) is 0.981. The molecule has 0 aliphatic rings. The molecule has 0 spiro atoms. The smallest absolute Gasteiger partial charge is 0.176 e. The van der Waals surface area contributed by atoms with Gasteiger partial charge in [-0.15, -0.1) is 0 Å². The molecule has 1 aromatic heterocycles. The first-order valence-corrected chi connectivity index (χ1v) is 6.91. The maximum Gasteiger partial charge on any atom is 0.176 e. The van der Waals surface area contributed by atoms with Crippen molar-refractivity contribution in [3.8, 4) is 17.4 Å². The zero-order valence-corrected chi connectivity index (χ0v) is 12.5. The number of ketones is 1. The highest BCUT2D eigenvalue weighted by molar-refractivity contribution is 6.30. The first-order chi connectivity index (χ1) is 10.0. The summed E-state index contributed by atoms with van der Waals surface area (Å²) >= 11 is 5.84. The molecule has 106 valence electrons. The first kappa shape index (κ1) is 15.1.